The first-order chi connectivity index (χ1) is 22.2. The number of anilines is 2. The molecule has 47 heavy (non-hydrogen) atoms. The van der Waals surface area contributed by atoms with Crippen LogP contribution in [0.2, 0.25) is 0 Å². The van der Waals surface area contributed by atoms with Crippen molar-refractivity contribution in [3.8, 4) is 29.2 Å². The summed E-state index contributed by atoms with van der Waals surface area (Å²) in [6.07, 6.45) is 1.25. The third-order valence-electron chi connectivity index (χ3n) is 6.83. The fourth-order valence-electron chi connectivity index (χ4n) is 4.52. The van der Waals surface area contributed by atoms with E-state index in [0.717, 1.165) is 41.6 Å². The van der Waals surface area contributed by atoms with Gasteiger partial charge in [-0.15, -0.1) is 5.10 Å². The van der Waals surface area contributed by atoms with Crippen LogP contribution < -0.4 is 10.2 Å². The van der Waals surface area contributed by atoms with Gasteiger partial charge in [0.1, 0.15) is 12.4 Å². The highest BCUT2D eigenvalue weighted by molar-refractivity contribution is 8.15. The molecular weight excluding hydrogens is 658 g/mol. The number of aromatic nitrogens is 3. The van der Waals surface area contributed by atoms with Crippen LogP contribution in [0.15, 0.2) is 76.9 Å². The Labute approximate surface area is 270 Å². The van der Waals surface area contributed by atoms with Crippen LogP contribution in [0.25, 0.3) is 17.1 Å². The van der Waals surface area contributed by atoms with Crippen molar-refractivity contribution in [1.82, 2.24) is 14.8 Å². The first-order valence-electron chi connectivity index (χ1n) is 13.5. The number of hydrogen-bond acceptors (Lipinski definition) is 9. The lowest BCUT2D eigenvalue weighted by Crippen LogP contribution is -2.31. The number of halogens is 3. The molecule has 17 heteroatoms. The first-order valence-corrected chi connectivity index (χ1v) is 16.0. The van der Waals surface area contributed by atoms with Gasteiger partial charge in [0, 0.05) is 5.56 Å². The molecule has 2 heterocycles. The van der Waals surface area contributed by atoms with Crippen molar-refractivity contribution in [2.45, 2.75) is 30.2 Å². The first kappa shape index (κ1) is 32.9. The second-order valence-corrected chi connectivity index (χ2v) is 13.1. The number of carbonyl (C=O) groups is 2. The molecule has 1 aliphatic heterocycles. The Hall–Kier alpha value is -5.52. The van der Waals surface area contributed by atoms with Crippen molar-refractivity contribution in [2.24, 2.45) is 4.99 Å². The van der Waals surface area contributed by atoms with Gasteiger partial charge in [0.2, 0.25) is 5.91 Å². The molecule has 3 aromatic carbocycles. The minimum absolute atomic E-state index is 0.00597. The van der Waals surface area contributed by atoms with Crippen molar-refractivity contribution >= 4 is 50.1 Å². The molecule has 0 radical (unpaired) electrons. The second kappa shape index (κ2) is 12.7. The van der Waals surface area contributed by atoms with Gasteiger partial charge in [0.15, 0.2) is 11.0 Å². The third-order valence-corrected chi connectivity index (χ3v) is 9.26. The summed E-state index contributed by atoms with van der Waals surface area (Å²) in [5, 5.41) is 26.1. The van der Waals surface area contributed by atoms with Crippen LogP contribution >= 0.6 is 11.8 Å². The molecule has 1 aromatic heterocycles. The van der Waals surface area contributed by atoms with Gasteiger partial charge in [-0.25, -0.2) is 22.9 Å². The lowest BCUT2D eigenvalue weighted by molar-refractivity contribution is -0.115. The Morgan fingerprint density at radius 3 is 2.43 bits per heavy atom. The summed E-state index contributed by atoms with van der Waals surface area (Å²) in [6, 6.07) is 16.4. The molecule has 4 aromatic rings. The number of thioether (sulfide) groups is 1. The molecule has 0 bridgehead atoms. The Kier molecular flexibility index (Phi) is 8.88. The van der Waals surface area contributed by atoms with Crippen molar-refractivity contribution in [1.29, 1.82) is 10.5 Å². The molecule has 1 saturated heterocycles. The number of amidine groups is 1. The predicted octanol–water partition coefficient (Wildman–Crippen LogP) is 5.76. The normalized spacial score (nSPS) is 14.3. The lowest BCUT2D eigenvalue weighted by atomic mass is 9.98. The van der Waals surface area contributed by atoms with E-state index in [0.29, 0.717) is 16.8 Å². The molecule has 0 aliphatic carbocycles. The zero-order chi connectivity index (χ0) is 34.1. The highest BCUT2D eigenvalue weighted by Crippen LogP contribution is 2.35. The van der Waals surface area contributed by atoms with Crippen LogP contribution in [0.4, 0.5) is 29.3 Å². The molecule has 238 valence electrons. The quantitative estimate of drug-likeness (QED) is 0.266. The highest BCUT2D eigenvalue weighted by atomic mass is 32.2. The third kappa shape index (κ3) is 6.57. The molecule has 1 fully saturated rings. The monoisotopic (exact) mass is 678 g/mol. The summed E-state index contributed by atoms with van der Waals surface area (Å²) in [4.78, 5) is 34.4. The van der Waals surface area contributed by atoms with Crippen molar-refractivity contribution < 1.29 is 31.2 Å². The number of carbonyl (C=O) groups excluding carboxylic acids is 2. The Morgan fingerprint density at radius 2 is 1.79 bits per heavy atom. The van der Waals surface area contributed by atoms with E-state index in [1.165, 1.54) is 34.1 Å². The minimum atomic E-state index is -5.51. The van der Waals surface area contributed by atoms with Crippen LogP contribution in [-0.2, 0) is 14.6 Å². The maximum absolute atomic E-state index is 13.0. The fourth-order valence-corrected chi connectivity index (χ4v) is 6.14. The van der Waals surface area contributed by atoms with E-state index in [-0.39, 0.29) is 45.5 Å². The highest BCUT2D eigenvalue weighted by Gasteiger charge is 2.46. The number of sulfone groups is 1. The van der Waals surface area contributed by atoms with Gasteiger partial charge in [-0.05, 0) is 66.1 Å². The van der Waals surface area contributed by atoms with E-state index in [1.807, 2.05) is 19.9 Å². The van der Waals surface area contributed by atoms with Gasteiger partial charge >= 0.3 is 11.5 Å². The molecule has 0 saturated carbocycles. The fraction of sp³-hybridized carbons (Fsp3) is 0.167. The number of alkyl halides is 3. The van der Waals surface area contributed by atoms with Crippen molar-refractivity contribution in [2.75, 3.05) is 16.0 Å². The summed E-state index contributed by atoms with van der Waals surface area (Å²) >= 11 is 1.06. The average Bonchev–Trinajstić information content (AvgIpc) is 3.67. The molecule has 0 atom stereocenters. The number of urea groups is 1. The summed E-state index contributed by atoms with van der Waals surface area (Å²) < 4.78 is 63.0. The molecule has 1 N–H and O–H groups in total. The van der Waals surface area contributed by atoms with Crippen LogP contribution in [0.3, 0.4) is 0 Å². The summed E-state index contributed by atoms with van der Waals surface area (Å²) in [5.74, 6) is -0.139. The van der Waals surface area contributed by atoms with Crippen LogP contribution in [0.5, 0.6) is 0 Å². The average molecular weight is 679 g/mol. The SMILES string of the molecule is CC(C)c1ccc(C#N)cc1N1C(=O)CS/C1=N\C(=O)Nc1ccc(-c2ncn(-c3ccc(S(=O)(=O)C(F)(F)F)cc3)n2)cc1C#N. The maximum Gasteiger partial charge on any atom is 0.501 e. The van der Waals surface area contributed by atoms with Gasteiger partial charge in [0.25, 0.3) is 9.84 Å². The van der Waals surface area contributed by atoms with Crippen LogP contribution in [-0.4, -0.2) is 51.5 Å². The molecule has 0 unspecified atom stereocenters. The summed E-state index contributed by atoms with van der Waals surface area (Å²) in [7, 11) is -5.51. The minimum Gasteiger partial charge on any atom is -0.305 e. The zero-order valence-electron chi connectivity index (χ0n) is 24.3. The molecule has 5 rings (SSSR count). The number of nitrogens with one attached hydrogen (secondary N) is 1. The van der Waals surface area contributed by atoms with Crippen LogP contribution in [0, 0.1) is 22.7 Å². The number of amides is 3. The van der Waals surface area contributed by atoms with Gasteiger partial charge in [-0.3, -0.25) is 9.69 Å². The number of hydrogen-bond donors (Lipinski definition) is 1. The number of nitriles is 2. The van der Waals surface area contributed by atoms with Crippen molar-refractivity contribution in [3.05, 3.63) is 83.7 Å². The molecule has 3 amide bonds. The van der Waals surface area contributed by atoms with Gasteiger partial charge in [-0.1, -0.05) is 31.7 Å². The number of rotatable bonds is 6. The van der Waals surface area contributed by atoms with Gasteiger partial charge < -0.3 is 5.32 Å². The van der Waals surface area contributed by atoms with E-state index in [2.05, 4.69) is 26.5 Å². The molecule has 12 nitrogen and oxygen atoms in total. The van der Waals surface area contributed by atoms with Gasteiger partial charge in [0.05, 0.1) is 44.9 Å². The molecule has 1 aliphatic rings. The Bertz CT molecular complexity index is 2130. The zero-order valence-corrected chi connectivity index (χ0v) is 26.0. The summed E-state index contributed by atoms with van der Waals surface area (Å²) in [5.41, 5.74) is -3.12. The van der Waals surface area contributed by atoms with E-state index in [9.17, 15) is 41.7 Å². The standard InChI is InChI=1S/C30H21F3N8O4S2/c1-17(2)23-9-3-18(13-34)11-25(23)41-26(42)15-46-29(41)38-28(43)37-24-10-4-19(12-20(24)14-35)27-36-16-40(39-27)21-5-7-22(8-6-21)47(44,45)30(31,32)33/h3-12,16-17H,15H2,1-2H3,(H,37,43)/b38-29-. The second-order valence-electron chi connectivity index (χ2n) is 10.2. The maximum atomic E-state index is 13.0. The number of aliphatic imine (C=N–C) groups is 1. The van der Waals surface area contributed by atoms with Crippen molar-refractivity contribution in [3.63, 3.8) is 0 Å². The number of nitrogens with zero attached hydrogens (tertiary/aromatic N) is 7. The lowest BCUT2D eigenvalue weighted by Gasteiger charge is -2.21. The number of benzene rings is 3. The van der Waals surface area contributed by atoms with E-state index >= 15 is 0 Å². The van der Waals surface area contributed by atoms with Gasteiger partial charge in [-0.2, -0.15) is 28.7 Å². The Balaban J connectivity index is 1.36. The van der Waals surface area contributed by atoms with E-state index in [4.69, 9.17) is 0 Å². The van der Waals surface area contributed by atoms with E-state index < -0.39 is 26.3 Å². The molecule has 0 spiro atoms. The smallest absolute Gasteiger partial charge is 0.305 e. The largest absolute Gasteiger partial charge is 0.501 e. The predicted molar refractivity (Wildman–Crippen MR) is 166 cm³/mol. The van der Waals surface area contributed by atoms with Crippen LogP contribution in [0.1, 0.15) is 36.5 Å². The van der Waals surface area contributed by atoms with E-state index in [1.54, 1.807) is 18.2 Å². The Morgan fingerprint density at radius 1 is 1.06 bits per heavy atom. The summed E-state index contributed by atoms with van der Waals surface area (Å²) in [6.45, 7) is 3.87. The topological polar surface area (TPSA) is 174 Å². The molecular formula is C30H21F3N8O4S2.